The molecule has 0 aromatic carbocycles. The number of pyridine rings is 1. The summed E-state index contributed by atoms with van der Waals surface area (Å²) in [4.78, 5) is 14.4. The Morgan fingerprint density at radius 3 is 3.00 bits per heavy atom. The van der Waals surface area contributed by atoms with Gasteiger partial charge in [-0.2, -0.15) is 0 Å². The highest BCUT2D eigenvalue weighted by Gasteiger charge is 2.01. The molecule has 1 aromatic heterocycles. The highest BCUT2D eigenvalue weighted by Crippen LogP contribution is 2.15. The topological polar surface area (TPSA) is 42.0 Å². The Morgan fingerprint density at radius 2 is 2.38 bits per heavy atom. The molecule has 13 heavy (non-hydrogen) atoms. The van der Waals surface area contributed by atoms with Crippen molar-refractivity contribution < 1.29 is 4.79 Å². The molecule has 0 aliphatic heterocycles. The first-order valence-electron chi connectivity index (χ1n) is 4.35. The van der Waals surface area contributed by atoms with E-state index in [-0.39, 0.29) is 0 Å². The molecule has 70 valence electrons. The van der Waals surface area contributed by atoms with E-state index in [0.717, 1.165) is 29.7 Å². The molecule has 1 heterocycles. The normalized spacial score (nSPS) is 9.69. The standard InChI is InChI=1S/C10H14N2O/c1-8-6-9(4-3-5-13)10(11-2)7-12-8/h5-7,11H,3-4H2,1-2H3. The molecule has 0 fully saturated rings. The van der Waals surface area contributed by atoms with Crippen molar-refractivity contribution >= 4 is 12.0 Å². The molecule has 0 atom stereocenters. The van der Waals surface area contributed by atoms with Gasteiger partial charge in [-0.25, -0.2) is 0 Å². The van der Waals surface area contributed by atoms with Crippen molar-refractivity contribution in [3.63, 3.8) is 0 Å². The minimum absolute atomic E-state index is 0.568. The summed E-state index contributed by atoms with van der Waals surface area (Å²) in [5.41, 5.74) is 3.15. The van der Waals surface area contributed by atoms with Gasteiger partial charge < -0.3 is 10.1 Å². The third kappa shape index (κ3) is 2.54. The predicted molar refractivity (Wildman–Crippen MR) is 52.9 cm³/mol. The minimum Gasteiger partial charge on any atom is -0.387 e. The van der Waals surface area contributed by atoms with Crippen LogP contribution < -0.4 is 5.32 Å². The lowest BCUT2D eigenvalue weighted by molar-refractivity contribution is -0.107. The van der Waals surface area contributed by atoms with E-state index in [1.54, 1.807) is 6.20 Å². The van der Waals surface area contributed by atoms with Gasteiger partial charge in [0.05, 0.1) is 11.9 Å². The van der Waals surface area contributed by atoms with E-state index < -0.39 is 0 Å². The second kappa shape index (κ2) is 4.60. The maximum Gasteiger partial charge on any atom is 0.120 e. The number of aromatic nitrogens is 1. The molecular weight excluding hydrogens is 164 g/mol. The van der Waals surface area contributed by atoms with Crippen molar-refractivity contribution in [1.29, 1.82) is 0 Å². The first-order chi connectivity index (χ1) is 6.27. The molecule has 1 rings (SSSR count). The smallest absolute Gasteiger partial charge is 0.120 e. The van der Waals surface area contributed by atoms with E-state index in [1.807, 2.05) is 20.0 Å². The van der Waals surface area contributed by atoms with E-state index in [9.17, 15) is 4.79 Å². The van der Waals surface area contributed by atoms with Gasteiger partial charge in [0, 0.05) is 19.2 Å². The number of hydrogen-bond acceptors (Lipinski definition) is 3. The summed E-state index contributed by atoms with van der Waals surface area (Å²) < 4.78 is 0. The van der Waals surface area contributed by atoms with E-state index >= 15 is 0 Å². The molecule has 0 bridgehead atoms. The van der Waals surface area contributed by atoms with Crippen LogP contribution in [0.4, 0.5) is 5.69 Å². The van der Waals surface area contributed by atoms with Crippen LogP contribution in [0.2, 0.25) is 0 Å². The van der Waals surface area contributed by atoms with Crippen molar-refractivity contribution in [2.24, 2.45) is 0 Å². The maximum absolute atomic E-state index is 10.2. The quantitative estimate of drug-likeness (QED) is 0.711. The van der Waals surface area contributed by atoms with E-state index in [4.69, 9.17) is 0 Å². The molecule has 3 heteroatoms. The highest BCUT2D eigenvalue weighted by atomic mass is 16.1. The number of carbonyl (C=O) groups is 1. The lowest BCUT2D eigenvalue weighted by Crippen LogP contribution is -1.98. The van der Waals surface area contributed by atoms with Crippen LogP contribution >= 0.6 is 0 Å². The molecule has 0 aliphatic carbocycles. The largest absolute Gasteiger partial charge is 0.387 e. The van der Waals surface area contributed by atoms with Gasteiger partial charge >= 0.3 is 0 Å². The first kappa shape index (κ1) is 9.71. The first-order valence-corrected chi connectivity index (χ1v) is 4.35. The van der Waals surface area contributed by atoms with Gasteiger partial charge in [-0.1, -0.05) is 0 Å². The Kier molecular flexibility index (Phi) is 3.43. The van der Waals surface area contributed by atoms with Crippen LogP contribution in [0.1, 0.15) is 17.7 Å². The molecule has 1 aromatic rings. The molecule has 1 N–H and O–H groups in total. The zero-order valence-corrected chi connectivity index (χ0v) is 8.00. The van der Waals surface area contributed by atoms with E-state index in [0.29, 0.717) is 6.42 Å². The number of rotatable bonds is 4. The van der Waals surface area contributed by atoms with Gasteiger partial charge in [0.15, 0.2) is 0 Å². The van der Waals surface area contributed by atoms with Crippen LogP contribution in [-0.2, 0) is 11.2 Å². The van der Waals surface area contributed by atoms with Gasteiger partial charge in [0.2, 0.25) is 0 Å². The Hall–Kier alpha value is -1.38. The van der Waals surface area contributed by atoms with Crippen LogP contribution in [0, 0.1) is 6.92 Å². The number of nitrogens with one attached hydrogen (secondary N) is 1. The minimum atomic E-state index is 0.568. The average molecular weight is 178 g/mol. The summed E-state index contributed by atoms with van der Waals surface area (Å²) in [6, 6.07) is 2.01. The van der Waals surface area contributed by atoms with Crippen LogP contribution in [0.5, 0.6) is 0 Å². The highest BCUT2D eigenvalue weighted by molar-refractivity contribution is 5.54. The van der Waals surface area contributed by atoms with E-state index in [2.05, 4.69) is 10.3 Å². The predicted octanol–water partition coefficient (Wildman–Crippen LogP) is 1.56. The molecular formula is C10H14N2O. The molecule has 0 saturated carbocycles. The summed E-state index contributed by atoms with van der Waals surface area (Å²) >= 11 is 0. The van der Waals surface area contributed by atoms with Gasteiger partial charge in [-0.3, -0.25) is 4.98 Å². The fourth-order valence-electron chi connectivity index (χ4n) is 1.26. The molecule has 3 nitrogen and oxygen atoms in total. The van der Waals surface area contributed by atoms with Gasteiger partial charge in [0.25, 0.3) is 0 Å². The average Bonchev–Trinajstić information content (AvgIpc) is 2.15. The second-order valence-corrected chi connectivity index (χ2v) is 2.94. The zero-order chi connectivity index (χ0) is 9.68. The van der Waals surface area contributed by atoms with Crippen LogP contribution in [0.3, 0.4) is 0 Å². The van der Waals surface area contributed by atoms with Crippen LogP contribution in [-0.4, -0.2) is 18.3 Å². The fourth-order valence-corrected chi connectivity index (χ4v) is 1.26. The molecule has 0 unspecified atom stereocenters. The summed E-state index contributed by atoms with van der Waals surface area (Å²) in [5, 5.41) is 3.05. The number of anilines is 1. The summed E-state index contributed by atoms with van der Waals surface area (Å²) in [6.45, 7) is 1.95. The maximum atomic E-state index is 10.2. The molecule has 0 aliphatic rings. The van der Waals surface area contributed by atoms with Crippen LogP contribution in [0.15, 0.2) is 12.3 Å². The summed E-state index contributed by atoms with van der Waals surface area (Å²) in [6.07, 6.45) is 4.09. The molecule has 0 spiro atoms. The lowest BCUT2D eigenvalue weighted by Gasteiger charge is -2.07. The number of aryl methyl sites for hydroxylation is 2. The molecule has 0 radical (unpaired) electrons. The monoisotopic (exact) mass is 178 g/mol. The second-order valence-electron chi connectivity index (χ2n) is 2.94. The SMILES string of the molecule is CNc1cnc(C)cc1CCC=O. The Bertz CT molecular complexity index is 297. The van der Waals surface area contributed by atoms with Crippen LogP contribution in [0.25, 0.3) is 0 Å². The van der Waals surface area contributed by atoms with Crippen molar-refractivity contribution in [3.05, 3.63) is 23.5 Å². The molecule has 0 amide bonds. The lowest BCUT2D eigenvalue weighted by atomic mass is 10.1. The van der Waals surface area contributed by atoms with E-state index in [1.165, 1.54) is 0 Å². The van der Waals surface area contributed by atoms with Crippen molar-refractivity contribution in [2.45, 2.75) is 19.8 Å². The van der Waals surface area contributed by atoms with Crippen molar-refractivity contribution in [2.75, 3.05) is 12.4 Å². The van der Waals surface area contributed by atoms with Gasteiger partial charge in [-0.05, 0) is 25.0 Å². The number of hydrogen-bond donors (Lipinski definition) is 1. The van der Waals surface area contributed by atoms with Crippen molar-refractivity contribution in [3.8, 4) is 0 Å². The number of aldehydes is 1. The summed E-state index contributed by atoms with van der Waals surface area (Å²) in [7, 11) is 1.86. The van der Waals surface area contributed by atoms with Crippen molar-refractivity contribution in [1.82, 2.24) is 4.98 Å². The molecule has 0 saturated heterocycles. The van der Waals surface area contributed by atoms with Gasteiger partial charge in [0.1, 0.15) is 6.29 Å². The fraction of sp³-hybridized carbons (Fsp3) is 0.400. The number of carbonyl (C=O) groups excluding carboxylic acids is 1. The Balaban J connectivity index is 2.87. The Labute approximate surface area is 78.2 Å². The zero-order valence-electron chi connectivity index (χ0n) is 8.00. The number of nitrogens with zero attached hydrogens (tertiary/aromatic N) is 1. The Morgan fingerprint density at radius 1 is 1.62 bits per heavy atom. The third-order valence-corrected chi connectivity index (χ3v) is 1.93. The summed E-state index contributed by atoms with van der Waals surface area (Å²) in [5.74, 6) is 0. The van der Waals surface area contributed by atoms with Gasteiger partial charge in [-0.15, -0.1) is 0 Å². The third-order valence-electron chi connectivity index (χ3n) is 1.93.